The molecule has 1 aliphatic carbocycles. The van der Waals surface area contributed by atoms with Crippen LogP contribution in [0.1, 0.15) is 59.8 Å². The van der Waals surface area contributed by atoms with Crippen LogP contribution in [0.15, 0.2) is 16.9 Å². The maximum absolute atomic E-state index is 9.54. The monoisotopic (exact) mass is 222 g/mol. The molecule has 0 heterocycles. The number of aliphatic hydroxyl groups excluding tert-OH is 1. The predicted octanol–water partition coefficient (Wildman–Crippen LogP) is 4.08. The van der Waals surface area contributed by atoms with Crippen molar-refractivity contribution in [2.75, 3.05) is 6.61 Å². The highest BCUT2D eigenvalue weighted by molar-refractivity contribution is 5.18. The van der Waals surface area contributed by atoms with E-state index in [-0.39, 0.29) is 12.0 Å². The van der Waals surface area contributed by atoms with Gasteiger partial charge >= 0.3 is 0 Å². The first kappa shape index (κ1) is 13.5. The zero-order valence-electron chi connectivity index (χ0n) is 11.3. The van der Waals surface area contributed by atoms with Crippen molar-refractivity contribution in [3.63, 3.8) is 0 Å². The van der Waals surface area contributed by atoms with Gasteiger partial charge in [0.1, 0.15) is 0 Å². The zero-order valence-corrected chi connectivity index (χ0v) is 11.3. The Morgan fingerprint density at radius 3 is 2.19 bits per heavy atom. The second-order valence-corrected chi connectivity index (χ2v) is 5.92. The smallest absolute Gasteiger partial charge is 0.0525 e. The minimum atomic E-state index is -0.112. The summed E-state index contributed by atoms with van der Waals surface area (Å²) in [6, 6.07) is 0. The first-order valence-corrected chi connectivity index (χ1v) is 6.52. The van der Waals surface area contributed by atoms with Crippen LogP contribution in [0.4, 0.5) is 0 Å². The molecule has 1 saturated carbocycles. The fourth-order valence-corrected chi connectivity index (χ4v) is 2.57. The Morgan fingerprint density at radius 2 is 1.75 bits per heavy atom. The second-order valence-electron chi connectivity index (χ2n) is 5.92. The normalized spacial score (nSPS) is 18.1. The third-order valence-electron chi connectivity index (χ3n) is 3.52. The van der Waals surface area contributed by atoms with Gasteiger partial charge in [-0.3, -0.25) is 0 Å². The van der Waals surface area contributed by atoms with E-state index in [2.05, 4.69) is 33.4 Å². The molecule has 0 aromatic heterocycles. The van der Waals surface area contributed by atoms with Crippen molar-refractivity contribution in [2.24, 2.45) is 11.3 Å². The summed E-state index contributed by atoms with van der Waals surface area (Å²) in [4.78, 5) is 0. The highest BCUT2D eigenvalue weighted by atomic mass is 16.3. The molecule has 1 N–H and O–H groups in total. The summed E-state index contributed by atoms with van der Waals surface area (Å²) < 4.78 is 0. The van der Waals surface area contributed by atoms with Crippen molar-refractivity contribution in [1.29, 1.82) is 0 Å². The van der Waals surface area contributed by atoms with Crippen LogP contribution >= 0.6 is 0 Å². The standard InChI is InChI=1S/C15H26O/c1-12(2)10-14(15(3,4)11-16)13-8-6-5-7-9-13/h13,16H,5-9,11H2,1-4H3. The highest BCUT2D eigenvalue weighted by Crippen LogP contribution is 2.38. The SMILES string of the molecule is CC(C)=C=C(C1CCCCC1)C(C)(C)CO. The molecule has 0 unspecified atom stereocenters. The molecule has 0 atom stereocenters. The van der Waals surface area contributed by atoms with Gasteiger partial charge in [-0.2, -0.15) is 0 Å². The minimum Gasteiger partial charge on any atom is -0.395 e. The van der Waals surface area contributed by atoms with Crippen LogP contribution in [0, 0.1) is 11.3 Å². The molecule has 1 heteroatoms. The topological polar surface area (TPSA) is 20.2 Å². The summed E-state index contributed by atoms with van der Waals surface area (Å²) in [6.45, 7) is 8.67. The van der Waals surface area contributed by atoms with E-state index in [4.69, 9.17) is 0 Å². The summed E-state index contributed by atoms with van der Waals surface area (Å²) in [7, 11) is 0. The van der Waals surface area contributed by atoms with Crippen LogP contribution < -0.4 is 0 Å². The van der Waals surface area contributed by atoms with Gasteiger partial charge in [-0.25, -0.2) is 0 Å². The third kappa shape index (κ3) is 3.50. The summed E-state index contributed by atoms with van der Waals surface area (Å²) >= 11 is 0. The summed E-state index contributed by atoms with van der Waals surface area (Å²) in [5, 5.41) is 9.54. The molecule has 0 aromatic carbocycles. The first-order valence-electron chi connectivity index (χ1n) is 6.52. The van der Waals surface area contributed by atoms with E-state index in [1.165, 1.54) is 43.3 Å². The van der Waals surface area contributed by atoms with Gasteiger partial charge < -0.3 is 5.11 Å². The Morgan fingerprint density at radius 1 is 1.19 bits per heavy atom. The Labute approximate surface area is 100 Å². The second kappa shape index (κ2) is 5.70. The summed E-state index contributed by atoms with van der Waals surface area (Å²) in [6.07, 6.45) is 6.59. The molecule has 1 aliphatic rings. The van der Waals surface area contributed by atoms with E-state index in [9.17, 15) is 5.11 Å². The van der Waals surface area contributed by atoms with Crippen LogP contribution in [0.3, 0.4) is 0 Å². The molecule has 92 valence electrons. The summed E-state index contributed by atoms with van der Waals surface area (Å²) in [5.74, 6) is 0.644. The van der Waals surface area contributed by atoms with Crippen LogP contribution in [-0.4, -0.2) is 11.7 Å². The zero-order chi connectivity index (χ0) is 12.2. The molecule has 0 amide bonds. The number of hydrogen-bond donors (Lipinski definition) is 1. The lowest BCUT2D eigenvalue weighted by molar-refractivity contribution is 0.173. The quantitative estimate of drug-likeness (QED) is 0.713. The molecule has 0 radical (unpaired) electrons. The van der Waals surface area contributed by atoms with E-state index in [0.717, 1.165) is 0 Å². The fourth-order valence-electron chi connectivity index (χ4n) is 2.57. The van der Waals surface area contributed by atoms with Crippen LogP contribution in [0.5, 0.6) is 0 Å². The number of hydrogen-bond acceptors (Lipinski definition) is 1. The maximum atomic E-state index is 9.54. The lowest BCUT2D eigenvalue weighted by atomic mass is 9.72. The van der Waals surface area contributed by atoms with E-state index in [1.54, 1.807) is 0 Å². The van der Waals surface area contributed by atoms with Gasteiger partial charge in [-0.15, -0.1) is 5.73 Å². The van der Waals surface area contributed by atoms with Gasteiger partial charge in [0, 0.05) is 5.41 Å². The van der Waals surface area contributed by atoms with Crippen molar-refractivity contribution < 1.29 is 5.11 Å². The van der Waals surface area contributed by atoms with Crippen LogP contribution in [0.25, 0.3) is 0 Å². The largest absolute Gasteiger partial charge is 0.395 e. The number of rotatable bonds is 3. The molecular weight excluding hydrogens is 196 g/mol. The van der Waals surface area contributed by atoms with E-state index in [0.29, 0.717) is 5.92 Å². The highest BCUT2D eigenvalue weighted by Gasteiger charge is 2.29. The lowest BCUT2D eigenvalue weighted by Crippen LogP contribution is -2.26. The molecule has 1 fully saturated rings. The minimum absolute atomic E-state index is 0.112. The van der Waals surface area contributed by atoms with Gasteiger partial charge in [-0.1, -0.05) is 33.1 Å². The Balaban J connectivity index is 3.01. The van der Waals surface area contributed by atoms with Crippen molar-refractivity contribution in [1.82, 2.24) is 0 Å². The van der Waals surface area contributed by atoms with Crippen LogP contribution in [0.2, 0.25) is 0 Å². The molecule has 1 rings (SSSR count). The molecule has 1 nitrogen and oxygen atoms in total. The molecule has 0 bridgehead atoms. The molecular formula is C15H26O. The average molecular weight is 222 g/mol. The van der Waals surface area contributed by atoms with Gasteiger partial charge in [-0.05, 0) is 43.8 Å². The predicted molar refractivity (Wildman–Crippen MR) is 69.3 cm³/mol. The van der Waals surface area contributed by atoms with Crippen molar-refractivity contribution in [3.05, 3.63) is 16.9 Å². The number of aliphatic hydroxyl groups is 1. The van der Waals surface area contributed by atoms with Crippen LogP contribution in [-0.2, 0) is 0 Å². The molecule has 0 spiro atoms. The van der Waals surface area contributed by atoms with E-state index >= 15 is 0 Å². The molecule has 0 saturated heterocycles. The lowest BCUT2D eigenvalue weighted by Gasteiger charge is -2.33. The fraction of sp³-hybridized carbons (Fsp3) is 0.800. The van der Waals surface area contributed by atoms with Gasteiger partial charge in [0.25, 0.3) is 0 Å². The van der Waals surface area contributed by atoms with Gasteiger partial charge in [0.15, 0.2) is 0 Å². The maximum Gasteiger partial charge on any atom is 0.0525 e. The van der Waals surface area contributed by atoms with Crippen molar-refractivity contribution in [2.45, 2.75) is 59.8 Å². The molecule has 16 heavy (non-hydrogen) atoms. The molecule has 0 aromatic rings. The third-order valence-corrected chi connectivity index (χ3v) is 3.52. The Kier molecular flexibility index (Phi) is 4.83. The van der Waals surface area contributed by atoms with E-state index in [1.807, 2.05) is 0 Å². The average Bonchev–Trinajstić information content (AvgIpc) is 2.27. The first-order chi connectivity index (χ1) is 7.47. The van der Waals surface area contributed by atoms with Gasteiger partial charge in [0.05, 0.1) is 6.61 Å². The Bertz CT molecular complexity index is 283. The summed E-state index contributed by atoms with van der Waals surface area (Å²) in [5.41, 5.74) is 5.97. The van der Waals surface area contributed by atoms with Crippen molar-refractivity contribution >= 4 is 0 Å². The van der Waals surface area contributed by atoms with Gasteiger partial charge in [0.2, 0.25) is 0 Å². The molecule has 0 aliphatic heterocycles. The van der Waals surface area contributed by atoms with Crippen molar-refractivity contribution in [3.8, 4) is 0 Å². The Hall–Kier alpha value is -0.520. The van der Waals surface area contributed by atoms with E-state index < -0.39 is 0 Å².